The van der Waals surface area contributed by atoms with Crippen LogP contribution in [0.3, 0.4) is 0 Å². The molecule has 2 fully saturated rings. The van der Waals surface area contributed by atoms with Gasteiger partial charge in [0.1, 0.15) is 6.07 Å². The van der Waals surface area contributed by atoms with Crippen molar-refractivity contribution in [1.29, 1.82) is 5.26 Å². The van der Waals surface area contributed by atoms with Crippen LogP contribution in [0.1, 0.15) is 31.4 Å². The summed E-state index contributed by atoms with van der Waals surface area (Å²) in [6.07, 6.45) is 4.73. The Bertz CT molecular complexity index is 478. The molecule has 6 nitrogen and oxygen atoms in total. The molecule has 88 valence electrons. The summed E-state index contributed by atoms with van der Waals surface area (Å²) in [4.78, 5) is 12.0. The molecule has 1 aromatic rings. The summed E-state index contributed by atoms with van der Waals surface area (Å²) in [7, 11) is 0. The Morgan fingerprint density at radius 3 is 2.71 bits per heavy atom. The van der Waals surface area contributed by atoms with E-state index in [1.54, 1.807) is 0 Å². The summed E-state index contributed by atoms with van der Waals surface area (Å²) >= 11 is 0. The molecule has 0 aromatic carbocycles. The molecule has 1 amide bonds. The lowest BCUT2D eigenvalue weighted by Crippen LogP contribution is -2.16. The minimum Gasteiger partial charge on any atom is -0.305 e. The first-order chi connectivity index (χ1) is 8.31. The van der Waals surface area contributed by atoms with Gasteiger partial charge >= 0.3 is 0 Å². The maximum atomic E-state index is 12.0. The van der Waals surface area contributed by atoms with E-state index in [0.29, 0.717) is 11.8 Å². The van der Waals surface area contributed by atoms with Gasteiger partial charge < -0.3 is 5.32 Å². The number of fused-ring (bicyclic) bond motifs is 1. The third-order valence-electron chi connectivity index (χ3n) is 3.80. The topological polar surface area (TPSA) is 91.8 Å². The highest BCUT2D eigenvalue weighted by Gasteiger charge is 2.54. The van der Waals surface area contributed by atoms with E-state index >= 15 is 0 Å². The van der Waals surface area contributed by atoms with Crippen LogP contribution in [-0.2, 0) is 4.79 Å². The third-order valence-corrected chi connectivity index (χ3v) is 3.80. The van der Waals surface area contributed by atoms with Crippen molar-refractivity contribution in [2.75, 3.05) is 5.32 Å². The van der Waals surface area contributed by atoms with Crippen molar-refractivity contribution in [3.63, 3.8) is 0 Å². The maximum absolute atomic E-state index is 12.0. The quantitative estimate of drug-likeness (QED) is 0.830. The van der Waals surface area contributed by atoms with Gasteiger partial charge in [0.2, 0.25) is 17.4 Å². The molecule has 1 aromatic heterocycles. The van der Waals surface area contributed by atoms with Gasteiger partial charge in [0.05, 0.1) is 0 Å². The van der Waals surface area contributed by atoms with Crippen LogP contribution >= 0.6 is 0 Å². The first-order valence-corrected chi connectivity index (χ1v) is 5.85. The fourth-order valence-electron chi connectivity index (χ4n) is 2.93. The predicted octanol–water partition coefficient (Wildman–Crippen LogP) is 1.32. The van der Waals surface area contributed by atoms with E-state index in [-0.39, 0.29) is 23.3 Å². The van der Waals surface area contributed by atoms with Crippen LogP contribution in [0.5, 0.6) is 0 Å². The van der Waals surface area contributed by atoms with E-state index in [4.69, 9.17) is 5.26 Å². The number of anilines is 1. The fraction of sp³-hybridized carbons (Fsp3) is 0.636. The van der Waals surface area contributed by atoms with Crippen molar-refractivity contribution in [2.45, 2.75) is 25.7 Å². The number of nitrogens with one attached hydrogen (secondary N) is 1. The molecular formula is C11H12N4O2. The number of carbonyl (C=O) groups is 1. The standard InChI is InChI=1S/C11H12N4O2/c12-5-8-10(15-17-14-8)13-11(16)9-6-3-1-2-4-7(6)9/h6-7,9H,1-4H2,(H,13,15,16). The average Bonchev–Trinajstić information content (AvgIpc) is 2.92. The van der Waals surface area contributed by atoms with Crippen molar-refractivity contribution < 1.29 is 9.42 Å². The molecule has 0 spiro atoms. The number of rotatable bonds is 2. The molecule has 6 heteroatoms. The van der Waals surface area contributed by atoms with Crippen LogP contribution in [0.15, 0.2) is 4.63 Å². The Balaban J connectivity index is 1.67. The van der Waals surface area contributed by atoms with Crippen molar-refractivity contribution in [2.24, 2.45) is 17.8 Å². The lowest BCUT2D eigenvalue weighted by Gasteiger charge is -2.04. The Hall–Kier alpha value is -1.90. The molecule has 2 aliphatic rings. The highest BCUT2D eigenvalue weighted by molar-refractivity contribution is 5.94. The smallest absolute Gasteiger partial charge is 0.229 e. The first kappa shape index (κ1) is 10.3. The molecule has 0 bridgehead atoms. The van der Waals surface area contributed by atoms with E-state index in [1.807, 2.05) is 6.07 Å². The number of aromatic nitrogens is 2. The summed E-state index contributed by atoms with van der Waals surface area (Å²) in [5.74, 6) is 1.26. The highest BCUT2D eigenvalue weighted by atomic mass is 16.6. The van der Waals surface area contributed by atoms with Gasteiger partial charge in [-0.15, -0.1) is 0 Å². The molecule has 0 aliphatic heterocycles. The van der Waals surface area contributed by atoms with Gasteiger partial charge in [0.15, 0.2) is 0 Å². The van der Waals surface area contributed by atoms with Crippen molar-refractivity contribution in [1.82, 2.24) is 10.3 Å². The Morgan fingerprint density at radius 2 is 2.06 bits per heavy atom. The predicted molar refractivity (Wildman–Crippen MR) is 56.6 cm³/mol. The van der Waals surface area contributed by atoms with Crippen LogP contribution < -0.4 is 5.32 Å². The summed E-state index contributed by atoms with van der Waals surface area (Å²) in [6, 6.07) is 1.82. The van der Waals surface area contributed by atoms with Crippen LogP contribution in [0.2, 0.25) is 0 Å². The zero-order valence-electron chi connectivity index (χ0n) is 9.22. The molecule has 2 unspecified atom stereocenters. The second-order valence-corrected chi connectivity index (χ2v) is 4.70. The van der Waals surface area contributed by atoms with Gasteiger partial charge in [-0.2, -0.15) is 5.26 Å². The van der Waals surface area contributed by atoms with Crippen LogP contribution in [0.4, 0.5) is 5.82 Å². The zero-order chi connectivity index (χ0) is 11.8. The van der Waals surface area contributed by atoms with Crippen LogP contribution in [0.25, 0.3) is 0 Å². The van der Waals surface area contributed by atoms with E-state index in [2.05, 4.69) is 20.3 Å². The van der Waals surface area contributed by atoms with Gasteiger partial charge in [-0.05, 0) is 35.0 Å². The number of nitriles is 1. The molecule has 2 atom stereocenters. The number of nitrogens with zero attached hydrogens (tertiary/aromatic N) is 3. The van der Waals surface area contributed by atoms with Crippen molar-refractivity contribution in [3.8, 4) is 6.07 Å². The minimum atomic E-state index is -0.0471. The highest BCUT2D eigenvalue weighted by Crippen LogP contribution is 2.55. The second-order valence-electron chi connectivity index (χ2n) is 4.70. The zero-order valence-corrected chi connectivity index (χ0v) is 9.22. The molecule has 2 aliphatic carbocycles. The molecule has 17 heavy (non-hydrogen) atoms. The lowest BCUT2D eigenvalue weighted by molar-refractivity contribution is -0.117. The van der Waals surface area contributed by atoms with E-state index in [1.165, 1.54) is 12.8 Å². The SMILES string of the molecule is N#Cc1nonc1NC(=O)C1C2CCCCC21. The lowest BCUT2D eigenvalue weighted by atomic mass is 10.0. The summed E-state index contributed by atoms with van der Waals surface area (Å²) in [6.45, 7) is 0. The molecule has 0 radical (unpaired) electrons. The van der Waals surface area contributed by atoms with Gasteiger partial charge in [-0.1, -0.05) is 12.8 Å². The summed E-state index contributed by atoms with van der Waals surface area (Å²) < 4.78 is 4.42. The Morgan fingerprint density at radius 1 is 1.35 bits per heavy atom. The molecular weight excluding hydrogens is 220 g/mol. The van der Waals surface area contributed by atoms with Crippen molar-refractivity contribution in [3.05, 3.63) is 5.69 Å². The van der Waals surface area contributed by atoms with Gasteiger partial charge in [0, 0.05) is 5.92 Å². The molecule has 0 saturated heterocycles. The van der Waals surface area contributed by atoms with Crippen molar-refractivity contribution >= 4 is 11.7 Å². The summed E-state index contributed by atoms with van der Waals surface area (Å²) in [5, 5.41) is 18.3. The van der Waals surface area contributed by atoms with Gasteiger partial charge in [-0.3, -0.25) is 4.79 Å². The van der Waals surface area contributed by atoms with E-state index in [9.17, 15) is 4.79 Å². The number of amides is 1. The monoisotopic (exact) mass is 232 g/mol. The van der Waals surface area contributed by atoms with E-state index in [0.717, 1.165) is 12.8 Å². The molecule has 1 N–H and O–H groups in total. The minimum absolute atomic E-state index is 0.0296. The number of hydrogen-bond acceptors (Lipinski definition) is 5. The second kappa shape index (κ2) is 3.84. The fourth-order valence-corrected chi connectivity index (χ4v) is 2.93. The van der Waals surface area contributed by atoms with Crippen LogP contribution in [-0.4, -0.2) is 16.2 Å². The average molecular weight is 232 g/mol. The van der Waals surface area contributed by atoms with E-state index < -0.39 is 0 Å². The first-order valence-electron chi connectivity index (χ1n) is 5.85. The summed E-state index contributed by atoms with van der Waals surface area (Å²) in [5.41, 5.74) is 0.0296. The Labute approximate surface area is 97.9 Å². The largest absolute Gasteiger partial charge is 0.305 e. The molecule has 2 saturated carbocycles. The number of hydrogen-bond donors (Lipinski definition) is 1. The van der Waals surface area contributed by atoms with Crippen LogP contribution in [0, 0.1) is 29.1 Å². The van der Waals surface area contributed by atoms with Gasteiger partial charge in [0.25, 0.3) is 0 Å². The maximum Gasteiger partial charge on any atom is 0.229 e. The number of carbonyl (C=O) groups excluding carboxylic acids is 1. The van der Waals surface area contributed by atoms with Gasteiger partial charge in [-0.25, -0.2) is 4.63 Å². The molecule has 3 rings (SSSR count). The normalized spacial score (nSPS) is 30.2. The Kier molecular flexibility index (Phi) is 2.32. The third kappa shape index (κ3) is 1.68. The molecule has 1 heterocycles.